The fourth-order valence-corrected chi connectivity index (χ4v) is 3.57. The third-order valence-electron chi connectivity index (χ3n) is 5.11. The monoisotopic (exact) mass is 388 g/mol. The number of nitrogens with zero attached hydrogens (tertiary/aromatic N) is 3. The quantitative estimate of drug-likeness (QED) is 0.601. The molecule has 0 spiro atoms. The number of hydrogen-bond donors (Lipinski definition) is 1. The first-order valence-electron chi connectivity index (χ1n) is 9.59. The molecule has 0 saturated carbocycles. The largest absolute Gasteiger partial charge is 0.328 e. The fraction of sp³-hybridized carbons (Fsp3) is 0.261. The molecule has 3 rings (SSSR count). The van der Waals surface area contributed by atoms with Gasteiger partial charge in [0.25, 0.3) is 0 Å². The molecule has 1 aliphatic rings. The van der Waals surface area contributed by atoms with E-state index in [1.54, 1.807) is 0 Å². The number of aryl methyl sites for hydroxylation is 1. The Bertz CT molecular complexity index is 989. The summed E-state index contributed by atoms with van der Waals surface area (Å²) in [5, 5.41) is 12.5. The second kappa shape index (κ2) is 8.61. The van der Waals surface area contributed by atoms with E-state index >= 15 is 0 Å². The van der Waals surface area contributed by atoms with Crippen LogP contribution in [-0.2, 0) is 16.0 Å². The molecule has 1 heterocycles. The van der Waals surface area contributed by atoms with E-state index < -0.39 is 0 Å². The second-order valence-corrected chi connectivity index (χ2v) is 6.90. The molecule has 6 nitrogen and oxygen atoms in total. The standard InChI is InChI=1S/C23H24N4O2/c1-4-16-9-5-6-10-18(16)25-22(29)14-13-21(28)17(15-24)23-26(2)19-11-7-8-12-20(19)27(23)3/h5-12H,4,13-14H2,1-3H3,(H,25,29). The number of amides is 1. The van der Waals surface area contributed by atoms with Crippen molar-refractivity contribution in [2.45, 2.75) is 26.2 Å². The number of carbonyl (C=O) groups is 2. The molecule has 2 aromatic carbocycles. The van der Waals surface area contributed by atoms with Crippen LogP contribution < -0.4 is 15.1 Å². The molecule has 2 aromatic rings. The van der Waals surface area contributed by atoms with Gasteiger partial charge in [0.2, 0.25) is 5.91 Å². The summed E-state index contributed by atoms with van der Waals surface area (Å²) in [7, 11) is 3.66. The van der Waals surface area contributed by atoms with Gasteiger partial charge in [-0.15, -0.1) is 0 Å². The Kier molecular flexibility index (Phi) is 5.99. The maximum Gasteiger partial charge on any atom is 0.224 e. The average molecular weight is 388 g/mol. The summed E-state index contributed by atoms with van der Waals surface area (Å²) in [4.78, 5) is 28.8. The minimum Gasteiger partial charge on any atom is -0.328 e. The number of para-hydroxylation sites is 3. The van der Waals surface area contributed by atoms with Gasteiger partial charge in [0.05, 0.1) is 11.4 Å². The summed E-state index contributed by atoms with van der Waals surface area (Å²) >= 11 is 0. The van der Waals surface area contributed by atoms with Crippen LogP contribution in [0.25, 0.3) is 0 Å². The van der Waals surface area contributed by atoms with Gasteiger partial charge in [-0.05, 0) is 30.2 Å². The third kappa shape index (κ3) is 3.99. The topological polar surface area (TPSA) is 76.4 Å². The van der Waals surface area contributed by atoms with Gasteiger partial charge in [-0.3, -0.25) is 9.59 Å². The van der Waals surface area contributed by atoms with E-state index in [-0.39, 0.29) is 30.1 Å². The van der Waals surface area contributed by atoms with Crippen molar-refractivity contribution >= 4 is 28.8 Å². The van der Waals surface area contributed by atoms with Crippen LogP contribution in [0.3, 0.4) is 0 Å². The van der Waals surface area contributed by atoms with Gasteiger partial charge in [-0.2, -0.15) is 5.26 Å². The highest BCUT2D eigenvalue weighted by Gasteiger charge is 2.31. The van der Waals surface area contributed by atoms with E-state index in [0.717, 1.165) is 29.0 Å². The number of nitriles is 1. The highest BCUT2D eigenvalue weighted by Crippen LogP contribution is 2.40. The Balaban J connectivity index is 1.72. The van der Waals surface area contributed by atoms with Gasteiger partial charge >= 0.3 is 0 Å². The molecule has 1 amide bonds. The molecule has 0 bridgehead atoms. The van der Waals surface area contributed by atoms with E-state index in [4.69, 9.17) is 0 Å². The summed E-state index contributed by atoms with van der Waals surface area (Å²) in [5.74, 6) is -0.0404. The van der Waals surface area contributed by atoms with Gasteiger partial charge in [0, 0.05) is 32.6 Å². The Hall–Kier alpha value is -3.59. The van der Waals surface area contributed by atoms with Gasteiger partial charge in [0.1, 0.15) is 17.5 Å². The first-order valence-corrected chi connectivity index (χ1v) is 9.59. The number of carbonyl (C=O) groups excluding carboxylic acids is 2. The van der Waals surface area contributed by atoms with Gasteiger partial charge in [-0.1, -0.05) is 37.3 Å². The van der Waals surface area contributed by atoms with Crippen molar-refractivity contribution in [2.24, 2.45) is 0 Å². The minimum absolute atomic E-state index is 0.0233. The number of benzene rings is 2. The van der Waals surface area contributed by atoms with E-state index in [1.807, 2.05) is 85.4 Å². The zero-order valence-electron chi connectivity index (χ0n) is 16.9. The number of ketones is 1. The SMILES string of the molecule is CCc1ccccc1NC(=O)CCC(=O)C(C#N)=C1N(C)c2ccccc2N1C. The first kappa shape index (κ1) is 20.2. The second-order valence-electron chi connectivity index (χ2n) is 6.90. The Morgan fingerprint density at radius 3 is 2.14 bits per heavy atom. The summed E-state index contributed by atoms with van der Waals surface area (Å²) in [5.41, 5.74) is 3.72. The van der Waals surface area contributed by atoms with Crippen LogP contribution in [-0.4, -0.2) is 25.8 Å². The average Bonchev–Trinajstić information content (AvgIpc) is 2.99. The summed E-state index contributed by atoms with van der Waals surface area (Å²) in [6, 6.07) is 17.4. The number of hydrogen-bond acceptors (Lipinski definition) is 5. The van der Waals surface area contributed by atoms with Crippen molar-refractivity contribution in [3.05, 3.63) is 65.5 Å². The molecule has 0 atom stereocenters. The molecule has 29 heavy (non-hydrogen) atoms. The molecular weight excluding hydrogens is 364 g/mol. The van der Waals surface area contributed by atoms with E-state index in [0.29, 0.717) is 5.82 Å². The zero-order chi connectivity index (χ0) is 21.0. The van der Waals surface area contributed by atoms with Crippen molar-refractivity contribution in [1.29, 1.82) is 5.26 Å². The molecule has 1 aliphatic heterocycles. The lowest BCUT2D eigenvalue weighted by Gasteiger charge is -2.19. The number of Topliss-reactive ketones (excluding diaryl/α,β-unsaturated/α-hetero) is 1. The van der Waals surface area contributed by atoms with E-state index in [1.165, 1.54) is 0 Å². The zero-order valence-corrected chi connectivity index (χ0v) is 16.9. The van der Waals surface area contributed by atoms with Crippen molar-refractivity contribution in [1.82, 2.24) is 0 Å². The summed E-state index contributed by atoms with van der Waals surface area (Å²) in [6.45, 7) is 2.02. The number of fused-ring (bicyclic) bond motifs is 1. The molecule has 148 valence electrons. The molecule has 0 radical (unpaired) electrons. The summed E-state index contributed by atoms with van der Waals surface area (Å²) < 4.78 is 0. The molecule has 0 unspecified atom stereocenters. The van der Waals surface area contributed by atoms with Crippen LogP contribution in [0, 0.1) is 11.3 Å². The van der Waals surface area contributed by atoms with Crippen LogP contribution in [0.2, 0.25) is 0 Å². The van der Waals surface area contributed by atoms with Gasteiger partial charge in [0.15, 0.2) is 5.78 Å². The van der Waals surface area contributed by atoms with Crippen LogP contribution in [0.1, 0.15) is 25.3 Å². The third-order valence-corrected chi connectivity index (χ3v) is 5.11. The number of nitrogens with one attached hydrogen (secondary N) is 1. The van der Waals surface area contributed by atoms with E-state index in [2.05, 4.69) is 5.32 Å². The predicted octanol–water partition coefficient (Wildman–Crippen LogP) is 3.86. The maximum atomic E-state index is 12.8. The lowest BCUT2D eigenvalue weighted by Crippen LogP contribution is -2.26. The van der Waals surface area contributed by atoms with Crippen molar-refractivity contribution in [3.63, 3.8) is 0 Å². The lowest BCUT2D eigenvalue weighted by atomic mass is 10.1. The van der Waals surface area contributed by atoms with Crippen LogP contribution in [0.15, 0.2) is 59.9 Å². The minimum atomic E-state index is -0.340. The Labute approximate surface area is 171 Å². The lowest BCUT2D eigenvalue weighted by molar-refractivity contribution is -0.120. The normalized spacial score (nSPS) is 12.4. The summed E-state index contributed by atoms with van der Waals surface area (Å²) in [6.07, 6.45) is 0.805. The number of rotatable bonds is 6. The molecule has 0 saturated heterocycles. The molecule has 1 N–H and O–H groups in total. The van der Waals surface area contributed by atoms with Crippen molar-refractivity contribution in [2.75, 3.05) is 29.2 Å². The smallest absolute Gasteiger partial charge is 0.224 e. The molecular formula is C23H24N4O2. The first-order chi connectivity index (χ1) is 14.0. The van der Waals surface area contributed by atoms with Crippen molar-refractivity contribution in [3.8, 4) is 6.07 Å². The van der Waals surface area contributed by atoms with Crippen LogP contribution in [0.5, 0.6) is 0 Å². The number of allylic oxidation sites excluding steroid dienone is 1. The Morgan fingerprint density at radius 2 is 1.55 bits per heavy atom. The molecule has 0 fully saturated rings. The van der Waals surface area contributed by atoms with Crippen LogP contribution >= 0.6 is 0 Å². The highest BCUT2D eigenvalue weighted by atomic mass is 16.2. The van der Waals surface area contributed by atoms with Gasteiger partial charge in [-0.25, -0.2) is 0 Å². The van der Waals surface area contributed by atoms with Gasteiger partial charge < -0.3 is 15.1 Å². The number of anilines is 3. The van der Waals surface area contributed by atoms with Crippen molar-refractivity contribution < 1.29 is 9.59 Å². The molecule has 0 aromatic heterocycles. The van der Waals surface area contributed by atoms with E-state index in [9.17, 15) is 14.9 Å². The fourth-order valence-electron chi connectivity index (χ4n) is 3.57. The molecule has 6 heteroatoms. The molecule has 0 aliphatic carbocycles. The maximum absolute atomic E-state index is 12.8. The predicted molar refractivity (Wildman–Crippen MR) is 115 cm³/mol. The Morgan fingerprint density at radius 1 is 0.966 bits per heavy atom. The van der Waals surface area contributed by atoms with Crippen LogP contribution in [0.4, 0.5) is 17.1 Å². The highest BCUT2D eigenvalue weighted by molar-refractivity contribution is 6.04.